The van der Waals surface area contributed by atoms with Crippen molar-refractivity contribution in [2.75, 3.05) is 36.4 Å². The molecule has 11 heteroatoms. The highest BCUT2D eigenvalue weighted by Gasteiger charge is 2.19. The van der Waals surface area contributed by atoms with Gasteiger partial charge in [0.2, 0.25) is 11.9 Å². The highest BCUT2D eigenvalue weighted by atomic mass is 19.1. The van der Waals surface area contributed by atoms with E-state index in [1.165, 1.54) is 28.9 Å². The molecule has 9 nitrogen and oxygen atoms in total. The van der Waals surface area contributed by atoms with Gasteiger partial charge in [-0.2, -0.15) is 0 Å². The Morgan fingerprint density at radius 2 is 1.79 bits per heavy atom. The van der Waals surface area contributed by atoms with Crippen molar-refractivity contribution in [3.05, 3.63) is 60.7 Å². The third-order valence-corrected chi connectivity index (χ3v) is 5.53. The average molecular weight is 450 g/mol. The number of carbonyl (C=O) groups is 1. The van der Waals surface area contributed by atoms with Crippen molar-refractivity contribution in [1.82, 2.24) is 29.2 Å². The number of hydrogen-bond acceptors (Lipinski definition) is 7. The number of imidazole rings is 1. The second-order valence-electron chi connectivity index (χ2n) is 7.63. The molecule has 1 aliphatic rings. The number of nitrogens with zero attached hydrogens (tertiary/aromatic N) is 7. The number of nitrogens with one attached hydrogen (secondary N) is 1. The lowest BCUT2D eigenvalue weighted by Gasteiger charge is -2.35. The Bertz CT molecular complexity index is 1320. The zero-order chi connectivity index (χ0) is 22.9. The van der Waals surface area contributed by atoms with E-state index < -0.39 is 11.6 Å². The van der Waals surface area contributed by atoms with Crippen LogP contribution in [-0.2, 0) is 4.79 Å². The number of aromatic nitrogens is 5. The van der Waals surface area contributed by atoms with Gasteiger partial charge in [-0.05, 0) is 24.3 Å². The van der Waals surface area contributed by atoms with Gasteiger partial charge in [-0.3, -0.25) is 9.20 Å². The average Bonchev–Trinajstić information content (AvgIpc) is 3.24. The first kappa shape index (κ1) is 20.7. The summed E-state index contributed by atoms with van der Waals surface area (Å²) in [6.45, 7) is 4.40. The highest BCUT2D eigenvalue weighted by molar-refractivity contribution is 5.73. The fourth-order valence-electron chi connectivity index (χ4n) is 3.78. The highest BCUT2D eigenvalue weighted by Crippen LogP contribution is 2.24. The molecule has 5 heterocycles. The lowest BCUT2D eigenvalue weighted by atomic mass is 10.2. The molecule has 0 atom stereocenters. The first-order valence-corrected chi connectivity index (χ1v) is 10.4. The minimum absolute atomic E-state index is 0.00874. The van der Waals surface area contributed by atoms with Gasteiger partial charge in [0, 0.05) is 39.3 Å². The van der Waals surface area contributed by atoms with Gasteiger partial charge >= 0.3 is 0 Å². The van der Waals surface area contributed by atoms with Gasteiger partial charge in [0.25, 0.3) is 0 Å². The number of carbonyl (C=O) groups excluding carboxylic acids is 1. The Kier molecular flexibility index (Phi) is 5.29. The number of piperazine rings is 1. The van der Waals surface area contributed by atoms with Crippen LogP contribution in [0.3, 0.4) is 0 Å². The molecule has 1 fully saturated rings. The summed E-state index contributed by atoms with van der Waals surface area (Å²) in [6.07, 6.45) is 5.43. The minimum atomic E-state index is -0.653. The standard InChI is InChI=1S/C22H20F2N8O/c1-14(33)30-6-8-31(9-7-30)16-3-4-19(25-10-16)28-22-27-11-17(24)21(29-22)18-12-26-20-5-2-15(23)13-32(18)20/h2-5,10-13H,6-9H2,1H3,(H,25,27,28,29). The topological polar surface area (TPSA) is 91.6 Å². The Morgan fingerprint density at radius 3 is 2.52 bits per heavy atom. The quantitative estimate of drug-likeness (QED) is 0.511. The number of halogens is 2. The summed E-state index contributed by atoms with van der Waals surface area (Å²) in [7, 11) is 0. The van der Waals surface area contributed by atoms with Crippen LogP contribution in [0.2, 0.25) is 0 Å². The second-order valence-corrected chi connectivity index (χ2v) is 7.63. The maximum absolute atomic E-state index is 14.5. The fraction of sp³-hybridized carbons (Fsp3) is 0.227. The van der Waals surface area contributed by atoms with E-state index in [4.69, 9.17) is 0 Å². The predicted molar refractivity (Wildman–Crippen MR) is 118 cm³/mol. The van der Waals surface area contributed by atoms with E-state index in [1.807, 2.05) is 11.0 Å². The van der Waals surface area contributed by atoms with Crippen LogP contribution in [-0.4, -0.2) is 61.3 Å². The maximum atomic E-state index is 14.5. The third-order valence-electron chi connectivity index (χ3n) is 5.53. The molecule has 0 saturated carbocycles. The second kappa shape index (κ2) is 8.41. The molecule has 0 unspecified atom stereocenters. The molecule has 0 spiro atoms. The fourth-order valence-corrected chi connectivity index (χ4v) is 3.78. The van der Waals surface area contributed by atoms with Gasteiger partial charge in [-0.1, -0.05) is 0 Å². The molecule has 0 bridgehead atoms. The van der Waals surface area contributed by atoms with Crippen molar-refractivity contribution < 1.29 is 13.6 Å². The van der Waals surface area contributed by atoms with Crippen LogP contribution >= 0.6 is 0 Å². The molecular weight excluding hydrogens is 430 g/mol. The zero-order valence-electron chi connectivity index (χ0n) is 17.7. The number of amides is 1. The van der Waals surface area contributed by atoms with E-state index in [1.54, 1.807) is 19.2 Å². The normalized spacial score (nSPS) is 14.0. The van der Waals surface area contributed by atoms with Crippen LogP contribution in [0.1, 0.15) is 6.92 Å². The maximum Gasteiger partial charge on any atom is 0.229 e. The summed E-state index contributed by atoms with van der Waals surface area (Å²) in [5.74, 6) is -0.405. The summed E-state index contributed by atoms with van der Waals surface area (Å²) in [4.78, 5) is 32.3. The summed E-state index contributed by atoms with van der Waals surface area (Å²) in [6, 6.07) is 6.48. The molecular formula is C22H20F2N8O. The lowest BCUT2D eigenvalue weighted by Crippen LogP contribution is -2.48. The SMILES string of the molecule is CC(=O)N1CCN(c2ccc(Nc3ncc(F)c(-c4cnc5ccc(F)cn45)n3)nc2)CC1. The van der Waals surface area contributed by atoms with Crippen LogP contribution in [0, 0.1) is 11.6 Å². The summed E-state index contributed by atoms with van der Waals surface area (Å²) >= 11 is 0. The predicted octanol–water partition coefficient (Wildman–Crippen LogP) is 2.88. The number of pyridine rings is 2. The molecule has 1 N–H and O–H groups in total. The van der Waals surface area contributed by atoms with Crippen molar-refractivity contribution >= 4 is 29.0 Å². The molecule has 1 aliphatic heterocycles. The van der Waals surface area contributed by atoms with E-state index in [0.29, 0.717) is 30.2 Å². The molecule has 168 valence electrons. The molecule has 1 saturated heterocycles. The van der Waals surface area contributed by atoms with E-state index in [-0.39, 0.29) is 17.5 Å². The van der Waals surface area contributed by atoms with E-state index in [2.05, 4.69) is 30.2 Å². The van der Waals surface area contributed by atoms with Crippen LogP contribution in [0.25, 0.3) is 17.0 Å². The molecule has 0 aromatic carbocycles. The third kappa shape index (κ3) is 4.16. The summed E-state index contributed by atoms with van der Waals surface area (Å²) in [5, 5.41) is 2.97. The Morgan fingerprint density at radius 1 is 0.970 bits per heavy atom. The van der Waals surface area contributed by atoms with Gasteiger partial charge in [0.1, 0.15) is 23.0 Å². The van der Waals surface area contributed by atoms with Gasteiger partial charge in [0.15, 0.2) is 5.82 Å². The number of fused-ring (bicyclic) bond motifs is 1. The number of rotatable bonds is 4. The van der Waals surface area contributed by atoms with Crippen molar-refractivity contribution in [1.29, 1.82) is 0 Å². The van der Waals surface area contributed by atoms with E-state index in [0.717, 1.165) is 25.0 Å². The number of anilines is 3. The van der Waals surface area contributed by atoms with Gasteiger partial charge < -0.3 is 15.1 Å². The first-order chi connectivity index (χ1) is 16.0. The Balaban J connectivity index is 1.34. The molecule has 4 aromatic rings. The van der Waals surface area contributed by atoms with Gasteiger partial charge in [0.05, 0.1) is 30.0 Å². The van der Waals surface area contributed by atoms with Gasteiger partial charge in [-0.25, -0.2) is 28.7 Å². The monoisotopic (exact) mass is 450 g/mol. The summed E-state index contributed by atoms with van der Waals surface area (Å²) in [5.41, 5.74) is 1.71. The lowest BCUT2D eigenvalue weighted by molar-refractivity contribution is -0.129. The zero-order valence-corrected chi connectivity index (χ0v) is 17.7. The smallest absolute Gasteiger partial charge is 0.229 e. The Labute approximate surface area is 187 Å². The van der Waals surface area contributed by atoms with Crippen LogP contribution in [0.4, 0.5) is 26.2 Å². The van der Waals surface area contributed by atoms with Crippen molar-refractivity contribution in [3.63, 3.8) is 0 Å². The molecule has 33 heavy (non-hydrogen) atoms. The Hall–Kier alpha value is -4.15. The first-order valence-electron chi connectivity index (χ1n) is 10.4. The molecule has 0 radical (unpaired) electrons. The molecule has 5 rings (SSSR count). The van der Waals surface area contributed by atoms with E-state index in [9.17, 15) is 13.6 Å². The van der Waals surface area contributed by atoms with Crippen LogP contribution < -0.4 is 10.2 Å². The van der Waals surface area contributed by atoms with Crippen LogP contribution in [0.5, 0.6) is 0 Å². The molecule has 1 amide bonds. The minimum Gasteiger partial charge on any atom is -0.367 e. The van der Waals surface area contributed by atoms with E-state index >= 15 is 0 Å². The van der Waals surface area contributed by atoms with Gasteiger partial charge in [-0.15, -0.1) is 0 Å². The van der Waals surface area contributed by atoms with Crippen molar-refractivity contribution in [2.45, 2.75) is 6.92 Å². The molecule has 0 aliphatic carbocycles. The van der Waals surface area contributed by atoms with Crippen LogP contribution in [0.15, 0.2) is 49.1 Å². The van der Waals surface area contributed by atoms with Crippen molar-refractivity contribution in [3.8, 4) is 11.4 Å². The number of hydrogen-bond donors (Lipinski definition) is 1. The van der Waals surface area contributed by atoms with Crippen molar-refractivity contribution in [2.24, 2.45) is 0 Å². The summed E-state index contributed by atoms with van der Waals surface area (Å²) < 4.78 is 29.6. The largest absolute Gasteiger partial charge is 0.367 e. The molecule has 4 aromatic heterocycles.